The summed E-state index contributed by atoms with van der Waals surface area (Å²) in [5.41, 5.74) is -0.249. The first-order valence-electron chi connectivity index (χ1n) is 8.48. The summed E-state index contributed by atoms with van der Waals surface area (Å²) in [4.78, 5) is 13.7. The zero-order chi connectivity index (χ0) is 21.0. The molecule has 1 atom stereocenters. The minimum Gasteiger partial charge on any atom is -0.345 e. The SMILES string of the molecule is CC(NC(=O)c1cc(Cl)nnc1Sc1ccccc1)c1cccc(C(F)(F)F)c1. The van der Waals surface area contributed by atoms with Gasteiger partial charge in [-0.05, 0) is 42.8 Å². The second-order valence-corrected chi connectivity index (χ2v) is 7.57. The van der Waals surface area contributed by atoms with E-state index in [9.17, 15) is 18.0 Å². The van der Waals surface area contributed by atoms with Crippen LogP contribution in [0.15, 0.2) is 70.6 Å². The Kier molecular flexibility index (Phi) is 6.44. The summed E-state index contributed by atoms with van der Waals surface area (Å²) in [6.07, 6.45) is -4.46. The number of rotatable bonds is 5. The van der Waals surface area contributed by atoms with Gasteiger partial charge in [-0.25, -0.2) is 0 Å². The van der Waals surface area contributed by atoms with Crippen molar-refractivity contribution in [3.63, 3.8) is 0 Å². The van der Waals surface area contributed by atoms with E-state index in [0.29, 0.717) is 10.6 Å². The highest BCUT2D eigenvalue weighted by molar-refractivity contribution is 7.99. The van der Waals surface area contributed by atoms with E-state index in [4.69, 9.17) is 11.6 Å². The summed E-state index contributed by atoms with van der Waals surface area (Å²) in [7, 11) is 0. The molecule has 0 radical (unpaired) electrons. The Bertz CT molecular complexity index is 1020. The maximum Gasteiger partial charge on any atom is 0.416 e. The van der Waals surface area contributed by atoms with Crippen molar-refractivity contribution < 1.29 is 18.0 Å². The Labute approximate surface area is 174 Å². The number of aromatic nitrogens is 2. The maximum absolute atomic E-state index is 12.9. The minimum absolute atomic E-state index is 0.0410. The molecule has 3 rings (SSSR count). The summed E-state index contributed by atoms with van der Waals surface area (Å²) in [5, 5.41) is 10.9. The molecule has 0 saturated heterocycles. The van der Waals surface area contributed by atoms with E-state index in [1.165, 1.54) is 30.0 Å². The smallest absolute Gasteiger partial charge is 0.345 e. The predicted molar refractivity (Wildman–Crippen MR) is 105 cm³/mol. The fourth-order valence-corrected chi connectivity index (χ4v) is 3.54. The van der Waals surface area contributed by atoms with E-state index in [0.717, 1.165) is 17.0 Å². The van der Waals surface area contributed by atoms with Gasteiger partial charge in [-0.15, -0.1) is 10.2 Å². The summed E-state index contributed by atoms with van der Waals surface area (Å²) < 4.78 is 38.8. The van der Waals surface area contributed by atoms with Crippen LogP contribution in [0.1, 0.15) is 34.5 Å². The molecule has 0 aliphatic heterocycles. The molecule has 1 heterocycles. The van der Waals surface area contributed by atoms with Gasteiger partial charge in [0.2, 0.25) is 0 Å². The number of hydrogen-bond acceptors (Lipinski definition) is 4. The lowest BCUT2D eigenvalue weighted by molar-refractivity contribution is -0.137. The van der Waals surface area contributed by atoms with Crippen LogP contribution in [0, 0.1) is 0 Å². The van der Waals surface area contributed by atoms with E-state index in [1.54, 1.807) is 6.92 Å². The van der Waals surface area contributed by atoms with Crippen LogP contribution in [-0.4, -0.2) is 16.1 Å². The molecule has 0 spiro atoms. The zero-order valence-corrected chi connectivity index (χ0v) is 16.6. The molecule has 0 bridgehead atoms. The van der Waals surface area contributed by atoms with Crippen LogP contribution in [0.5, 0.6) is 0 Å². The summed E-state index contributed by atoms with van der Waals surface area (Å²) in [6, 6.07) is 14.8. The van der Waals surface area contributed by atoms with Crippen LogP contribution in [-0.2, 0) is 6.18 Å². The number of benzene rings is 2. The van der Waals surface area contributed by atoms with Gasteiger partial charge in [-0.2, -0.15) is 13.2 Å². The molecule has 9 heteroatoms. The Morgan fingerprint density at radius 3 is 2.48 bits per heavy atom. The molecule has 3 aromatic rings. The number of carbonyl (C=O) groups is 1. The number of halogens is 4. The second-order valence-electron chi connectivity index (χ2n) is 6.12. The van der Waals surface area contributed by atoms with Gasteiger partial charge in [0.15, 0.2) is 5.15 Å². The second kappa shape index (κ2) is 8.84. The first kappa shape index (κ1) is 21.1. The normalized spacial score (nSPS) is 12.4. The quantitative estimate of drug-likeness (QED) is 0.548. The molecule has 1 unspecified atom stereocenters. The molecule has 0 fully saturated rings. The third-order valence-corrected chi connectivity index (χ3v) is 5.18. The summed E-state index contributed by atoms with van der Waals surface area (Å²) in [5.74, 6) is -0.509. The van der Waals surface area contributed by atoms with Crippen molar-refractivity contribution in [3.8, 4) is 0 Å². The van der Waals surface area contributed by atoms with E-state index < -0.39 is 23.7 Å². The highest BCUT2D eigenvalue weighted by Gasteiger charge is 2.31. The van der Waals surface area contributed by atoms with Gasteiger partial charge < -0.3 is 5.32 Å². The van der Waals surface area contributed by atoms with Gasteiger partial charge >= 0.3 is 6.18 Å². The third-order valence-electron chi connectivity index (χ3n) is 3.99. The van der Waals surface area contributed by atoms with Gasteiger partial charge in [0.05, 0.1) is 17.2 Å². The molecule has 0 aliphatic rings. The maximum atomic E-state index is 12.9. The summed E-state index contributed by atoms with van der Waals surface area (Å²) >= 11 is 7.14. The first-order chi connectivity index (χ1) is 13.7. The van der Waals surface area contributed by atoms with Crippen molar-refractivity contribution in [1.82, 2.24) is 15.5 Å². The zero-order valence-electron chi connectivity index (χ0n) is 15.1. The standard InChI is InChI=1S/C20H15ClF3N3OS/c1-12(13-6-5-7-14(10-13)20(22,23)24)25-18(28)16-11-17(21)26-27-19(16)29-15-8-3-2-4-9-15/h2-12H,1H3,(H,25,28). The molecule has 4 nitrogen and oxygen atoms in total. The van der Waals surface area contributed by atoms with Crippen molar-refractivity contribution >= 4 is 29.3 Å². The van der Waals surface area contributed by atoms with Crippen LogP contribution in [0.25, 0.3) is 0 Å². The lowest BCUT2D eigenvalue weighted by Crippen LogP contribution is -2.27. The van der Waals surface area contributed by atoms with Gasteiger partial charge in [0.1, 0.15) is 5.03 Å². The minimum atomic E-state index is -4.46. The van der Waals surface area contributed by atoms with Crippen LogP contribution < -0.4 is 5.32 Å². The van der Waals surface area contributed by atoms with E-state index in [2.05, 4.69) is 15.5 Å². The highest BCUT2D eigenvalue weighted by Crippen LogP contribution is 2.32. The molecule has 150 valence electrons. The van der Waals surface area contributed by atoms with Gasteiger partial charge in [0.25, 0.3) is 5.91 Å². The fraction of sp³-hybridized carbons (Fsp3) is 0.150. The van der Waals surface area contributed by atoms with E-state index in [-0.39, 0.29) is 10.7 Å². The van der Waals surface area contributed by atoms with Crippen molar-refractivity contribution in [3.05, 3.63) is 82.5 Å². The average molecular weight is 438 g/mol. The Hall–Kier alpha value is -2.58. The Balaban J connectivity index is 1.83. The number of carbonyl (C=O) groups excluding carboxylic acids is 1. The van der Waals surface area contributed by atoms with E-state index >= 15 is 0 Å². The molecular formula is C20H15ClF3N3OS. The van der Waals surface area contributed by atoms with Crippen molar-refractivity contribution in [2.24, 2.45) is 0 Å². The average Bonchev–Trinajstić information content (AvgIpc) is 2.69. The summed E-state index contributed by atoms with van der Waals surface area (Å²) in [6.45, 7) is 1.60. The lowest BCUT2D eigenvalue weighted by Gasteiger charge is -2.17. The number of alkyl halides is 3. The Morgan fingerprint density at radius 1 is 1.07 bits per heavy atom. The largest absolute Gasteiger partial charge is 0.416 e. The molecular weight excluding hydrogens is 423 g/mol. The fourth-order valence-electron chi connectivity index (χ4n) is 2.54. The molecule has 0 aliphatic carbocycles. The Morgan fingerprint density at radius 2 is 1.79 bits per heavy atom. The van der Waals surface area contributed by atoms with Crippen molar-refractivity contribution in [1.29, 1.82) is 0 Å². The predicted octanol–water partition coefficient (Wildman–Crippen LogP) is 5.79. The van der Waals surface area contributed by atoms with Gasteiger partial charge in [-0.3, -0.25) is 4.79 Å². The number of hydrogen-bond donors (Lipinski definition) is 1. The van der Waals surface area contributed by atoms with Gasteiger partial charge in [-0.1, -0.05) is 53.7 Å². The van der Waals surface area contributed by atoms with Crippen LogP contribution in [0.3, 0.4) is 0 Å². The third kappa shape index (κ3) is 5.48. The first-order valence-corrected chi connectivity index (χ1v) is 9.67. The van der Waals surface area contributed by atoms with E-state index in [1.807, 2.05) is 30.3 Å². The molecule has 0 saturated carbocycles. The van der Waals surface area contributed by atoms with Crippen LogP contribution in [0.2, 0.25) is 5.15 Å². The monoisotopic (exact) mass is 437 g/mol. The van der Waals surface area contributed by atoms with Crippen LogP contribution >= 0.6 is 23.4 Å². The van der Waals surface area contributed by atoms with Crippen molar-refractivity contribution in [2.75, 3.05) is 0 Å². The highest BCUT2D eigenvalue weighted by atomic mass is 35.5. The molecule has 29 heavy (non-hydrogen) atoms. The molecule has 1 N–H and O–H groups in total. The van der Waals surface area contributed by atoms with Gasteiger partial charge in [0, 0.05) is 4.90 Å². The topological polar surface area (TPSA) is 54.9 Å². The molecule has 1 amide bonds. The number of amides is 1. The lowest BCUT2D eigenvalue weighted by atomic mass is 10.0. The van der Waals surface area contributed by atoms with Crippen LogP contribution in [0.4, 0.5) is 13.2 Å². The number of nitrogens with zero attached hydrogens (tertiary/aromatic N) is 2. The molecule has 2 aromatic carbocycles. The van der Waals surface area contributed by atoms with Crippen molar-refractivity contribution in [2.45, 2.75) is 29.1 Å². The molecule has 1 aromatic heterocycles. The number of nitrogens with one attached hydrogen (secondary N) is 1.